The Morgan fingerprint density at radius 3 is 2.83 bits per heavy atom. The number of benzene rings is 1. The van der Waals surface area contributed by atoms with Gasteiger partial charge >= 0.3 is 0 Å². The zero-order chi connectivity index (χ0) is 13.3. The minimum Gasteiger partial charge on any atom is -0.399 e. The van der Waals surface area contributed by atoms with Crippen LogP contribution in [0.5, 0.6) is 0 Å². The van der Waals surface area contributed by atoms with Crippen LogP contribution >= 0.6 is 0 Å². The van der Waals surface area contributed by atoms with E-state index in [-0.39, 0.29) is 29.8 Å². The minimum atomic E-state index is -3.82. The maximum Gasteiger partial charge on any atom is 0.246 e. The summed E-state index contributed by atoms with van der Waals surface area (Å²) in [5, 5.41) is 0. The predicted molar refractivity (Wildman–Crippen MR) is 65.0 cm³/mol. The number of nitrogens with zero attached hydrogens (tertiary/aromatic N) is 1. The van der Waals surface area contributed by atoms with E-state index in [1.54, 1.807) is 6.92 Å². The lowest BCUT2D eigenvalue weighted by atomic mass is 10.3. The van der Waals surface area contributed by atoms with Gasteiger partial charge in [0, 0.05) is 18.8 Å². The van der Waals surface area contributed by atoms with Crippen molar-refractivity contribution in [3.63, 3.8) is 0 Å². The molecule has 1 aliphatic heterocycles. The lowest BCUT2D eigenvalue weighted by Crippen LogP contribution is -2.44. The van der Waals surface area contributed by atoms with Gasteiger partial charge in [-0.05, 0) is 25.1 Å². The van der Waals surface area contributed by atoms with Crippen LogP contribution < -0.4 is 5.73 Å². The van der Waals surface area contributed by atoms with E-state index in [0.29, 0.717) is 6.61 Å². The molecule has 5 nitrogen and oxygen atoms in total. The predicted octanol–water partition coefficient (Wildman–Crippen LogP) is 0.817. The van der Waals surface area contributed by atoms with Crippen molar-refractivity contribution in [2.24, 2.45) is 0 Å². The van der Waals surface area contributed by atoms with Crippen LogP contribution in [0, 0.1) is 5.82 Å². The van der Waals surface area contributed by atoms with Crippen LogP contribution in [0.25, 0.3) is 0 Å². The number of ether oxygens (including phenoxy) is 1. The first kappa shape index (κ1) is 13.3. The van der Waals surface area contributed by atoms with E-state index in [1.165, 1.54) is 16.4 Å². The zero-order valence-electron chi connectivity index (χ0n) is 9.97. The summed E-state index contributed by atoms with van der Waals surface area (Å²) in [6, 6.07) is 3.58. The van der Waals surface area contributed by atoms with E-state index >= 15 is 0 Å². The normalized spacial score (nSPS) is 22.0. The maximum atomic E-state index is 13.7. The highest BCUT2D eigenvalue weighted by Gasteiger charge is 2.31. The zero-order valence-corrected chi connectivity index (χ0v) is 10.8. The van der Waals surface area contributed by atoms with Crippen molar-refractivity contribution in [1.82, 2.24) is 4.31 Å². The average molecular weight is 274 g/mol. The Morgan fingerprint density at radius 1 is 1.50 bits per heavy atom. The van der Waals surface area contributed by atoms with Crippen molar-refractivity contribution < 1.29 is 17.5 Å². The standard InChI is InChI=1S/C11H15FN2O3S/c1-8-7-14(4-5-17-8)18(15,16)11-3-2-9(13)6-10(11)12/h2-3,6,8H,4-5,7,13H2,1H3. The van der Waals surface area contributed by atoms with Crippen LogP contribution in [0.3, 0.4) is 0 Å². The number of nitrogen functional groups attached to an aromatic ring is 1. The number of morpholine rings is 1. The monoisotopic (exact) mass is 274 g/mol. The summed E-state index contributed by atoms with van der Waals surface area (Å²) in [7, 11) is -3.82. The van der Waals surface area contributed by atoms with Crippen molar-refractivity contribution in [2.75, 3.05) is 25.4 Å². The molecule has 0 bridgehead atoms. The van der Waals surface area contributed by atoms with E-state index in [4.69, 9.17) is 10.5 Å². The molecule has 2 rings (SSSR count). The average Bonchev–Trinajstić information content (AvgIpc) is 2.28. The fraction of sp³-hybridized carbons (Fsp3) is 0.455. The third kappa shape index (κ3) is 2.47. The van der Waals surface area contributed by atoms with Crippen LogP contribution in [-0.4, -0.2) is 38.5 Å². The molecule has 2 N–H and O–H groups in total. The molecule has 1 aromatic carbocycles. The summed E-state index contributed by atoms with van der Waals surface area (Å²) in [5.74, 6) is -0.825. The molecule has 1 aromatic rings. The Hall–Kier alpha value is -1.18. The molecule has 1 saturated heterocycles. The van der Waals surface area contributed by atoms with Gasteiger partial charge in [0.2, 0.25) is 10.0 Å². The molecule has 1 heterocycles. The molecule has 18 heavy (non-hydrogen) atoms. The third-order valence-electron chi connectivity index (χ3n) is 2.78. The quantitative estimate of drug-likeness (QED) is 0.810. The summed E-state index contributed by atoms with van der Waals surface area (Å²) in [6.07, 6.45) is -0.189. The van der Waals surface area contributed by atoms with E-state index in [1.807, 2.05) is 0 Å². The summed E-state index contributed by atoms with van der Waals surface area (Å²) in [5.41, 5.74) is 5.60. The fourth-order valence-electron chi connectivity index (χ4n) is 1.87. The number of anilines is 1. The topological polar surface area (TPSA) is 72.6 Å². The molecule has 0 saturated carbocycles. The second kappa shape index (κ2) is 4.83. The Labute approximate surface area is 105 Å². The van der Waals surface area contributed by atoms with Crippen LogP contribution in [0.2, 0.25) is 0 Å². The van der Waals surface area contributed by atoms with E-state index in [0.717, 1.165) is 6.07 Å². The molecule has 1 atom stereocenters. The highest BCUT2D eigenvalue weighted by atomic mass is 32.2. The van der Waals surface area contributed by atoms with Gasteiger partial charge in [-0.2, -0.15) is 4.31 Å². The molecule has 0 spiro atoms. The number of hydrogen-bond donors (Lipinski definition) is 1. The number of sulfonamides is 1. The first-order valence-corrected chi connectivity index (χ1v) is 7.02. The molecule has 0 amide bonds. The summed E-state index contributed by atoms with van der Waals surface area (Å²) in [6.45, 7) is 2.56. The first-order chi connectivity index (χ1) is 8.41. The van der Waals surface area contributed by atoms with Gasteiger partial charge in [0.1, 0.15) is 10.7 Å². The van der Waals surface area contributed by atoms with Crippen molar-refractivity contribution >= 4 is 15.7 Å². The lowest BCUT2D eigenvalue weighted by Gasteiger charge is -2.30. The minimum absolute atomic E-state index is 0.189. The fourth-order valence-corrected chi connectivity index (χ4v) is 3.41. The van der Waals surface area contributed by atoms with Gasteiger partial charge in [-0.25, -0.2) is 12.8 Å². The Kier molecular flexibility index (Phi) is 3.56. The lowest BCUT2D eigenvalue weighted by molar-refractivity contribution is 0.0101. The summed E-state index contributed by atoms with van der Waals surface area (Å²) in [4.78, 5) is -0.342. The van der Waals surface area contributed by atoms with Gasteiger partial charge in [-0.3, -0.25) is 0 Å². The molecule has 100 valence electrons. The van der Waals surface area contributed by atoms with E-state index in [2.05, 4.69) is 0 Å². The van der Waals surface area contributed by atoms with Crippen molar-refractivity contribution in [1.29, 1.82) is 0 Å². The molecule has 7 heteroatoms. The Balaban J connectivity index is 2.35. The Morgan fingerprint density at radius 2 is 2.22 bits per heavy atom. The van der Waals surface area contributed by atoms with Gasteiger partial charge in [-0.15, -0.1) is 0 Å². The van der Waals surface area contributed by atoms with Crippen molar-refractivity contribution in [2.45, 2.75) is 17.9 Å². The SMILES string of the molecule is CC1CN(S(=O)(=O)c2ccc(N)cc2F)CCO1. The molecule has 0 radical (unpaired) electrons. The number of nitrogens with two attached hydrogens (primary N) is 1. The Bertz CT molecular complexity index is 547. The van der Waals surface area contributed by atoms with Gasteiger partial charge in [0.25, 0.3) is 0 Å². The first-order valence-electron chi connectivity index (χ1n) is 5.58. The third-order valence-corrected chi connectivity index (χ3v) is 4.68. The molecular formula is C11H15FN2O3S. The number of hydrogen-bond acceptors (Lipinski definition) is 4. The largest absolute Gasteiger partial charge is 0.399 e. The summed E-state index contributed by atoms with van der Waals surface area (Å²) < 4.78 is 44.7. The molecule has 0 aromatic heterocycles. The second-order valence-corrected chi connectivity index (χ2v) is 6.14. The van der Waals surface area contributed by atoms with Crippen LogP contribution in [0.1, 0.15) is 6.92 Å². The van der Waals surface area contributed by atoms with E-state index in [9.17, 15) is 12.8 Å². The molecule has 1 fully saturated rings. The van der Waals surface area contributed by atoms with Crippen LogP contribution in [-0.2, 0) is 14.8 Å². The van der Waals surface area contributed by atoms with Gasteiger partial charge < -0.3 is 10.5 Å². The maximum absolute atomic E-state index is 13.7. The van der Waals surface area contributed by atoms with Gasteiger partial charge in [0.15, 0.2) is 0 Å². The van der Waals surface area contributed by atoms with Crippen LogP contribution in [0.15, 0.2) is 23.1 Å². The molecule has 1 aliphatic rings. The molecule has 1 unspecified atom stereocenters. The van der Waals surface area contributed by atoms with Crippen molar-refractivity contribution in [3.8, 4) is 0 Å². The second-order valence-electron chi connectivity index (χ2n) is 4.23. The summed E-state index contributed by atoms with van der Waals surface area (Å²) >= 11 is 0. The molecular weight excluding hydrogens is 259 g/mol. The van der Waals surface area contributed by atoms with Gasteiger partial charge in [-0.1, -0.05) is 0 Å². The highest BCUT2D eigenvalue weighted by molar-refractivity contribution is 7.89. The number of halogens is 1. The van der Waals surface area contributed by atoms with Gasteiger partial charge in [0.05, 0.1) is 12.7 Å². The molecule has 0 aliphatic carbocycles. The highest BCUT2D eigenvalue weighted by Crippen LogP contribution is 2.22. The van der Waals surface area contributed by atoms with Crippen molar-refractivity contribution in [3.05, 3.63) is 24.0 Å². The van der Waals surface area contributed by atoms with Crippen LogP contribution in [0.4, 0.5) is 10.1 Å². The number of rotatable bonds is 2. The van der Waals surface area contributed by atoms with E-state index < -0.39 is 15.8 Å². The smallest absolute Gasteiger partial charge is 0.246 e.